The fraction of sp³-hybridized carbons (Fsp3) is 0.500. The van der Waals surface area contributed by atoms with Crippen LogP contribution in [0.2, 0.25) is 0 Å². The normalized spacial score (nSPS) is 23.6. The van der Waals surface area contributed by atoms with Crippen molar-refractivity contribution in [1.82, 2.24) is 4.90 Å². The standard InChI is InChI=1S/C18H23N3O3/c1-11-10-15(11)17(23)20-14-4-2-13(3-5-14)18(24)21-8-6-12(7-9-21)16(19)22/h2-5,11-12,15H,6-10H2,1H3,(H2,19,22)(H,20,23). The maximum atomic E-state index is 12.5. The van der Waals surface area contributed by atoms with Gasteiger partial charge in [-0.2, -0.15) is 0 Å². The number of hydrogen-bond donors (Lipinski definition) is 2. The van der Waals surface area contributed by atoms with Crippen LogP contribution in [0.4, 0.5) is 5.69 Å². The summed E-state index contributed by atoms with van der Waals surface area (Å²) >= 11 is 0. The number of primary amides is 1. The van der Waals surface area contributed by atoms with Crippen LogP contribution in [0.1, 0.15) is 36.5 Å². The smallest absolute Gasteiger partial charge is 0.253 e. The summed E-state index contributed by atoms with van der Waals surface area (Å²) in [6.45, 7) is 3.16. The molecule has 2 fully saturated rings. The Morgan fingerprint density at radius 3 is 2.21 bits per heavy atom. The average Bonchev–Trinajstić information content (AvgIpc) is 3.32. The molecule has 2 atom stereocenters. The molecule has 0 radical (unpaired) electrons. The summed E-state index contributed by atoms with van der Waals surface area (Å²) in [7, 11) is 0. The van der Waals surface area contributed by atoms with Gasteiger partial charge in [0, 0.05) is 36.2 Å². The zero-order valence-corrected chi connectivity index (χ0v) is 13.8. The van der Waals surface area contributed by atoms with Gasteiger partial charge in [0.05, 0.1) is 0 Å². The molecule has 128 valence electrons. The van der Waals surface area contributed by atoms with Crippen LogP contribution in [0.5, 0.6) is 0 Å². The fourth-order valence-electron chi connectivity index (χ4n) is 3.17. The minimum absolute atomic E-state index is 0.0494. The van der Waals surface area contributed by atoms with Crippen LogP contribution in [0.15, 0.2) is 24.3 Å². The molecule has 6 nitrogen and oxygen atoms in total. The third kappa shape index (κ3) is 3.58. The first-order chi connectivity index (χ1) is 11.5. The number of carbonyl (C=O) groups excluding carboxylic acids is 3. The number of likely N-dealkylation sites (tertiary alicyclic amines) is 1. The van der Waals surface area contributed by atoms with E-state index in [-0.39, 0.29) is 29.6 Å². The molecule has 0 aromatic heterocycles. The van der Waals surface area contributed by atoms with Crippen molar-refractivity contribution in [2.45, 2.75) is 26.2 Å². The van der Waals surface area contributed by atoms with Crippen LogP contribution < -0.4 is 11.1 Å². The van der Waals surface area contributed by atoms with Gasteiger partial charge in [0.2, 0.25) is 11.8 Å². The van der Waals surface area contributed by atoms with Crippen molar-refractivity contribution >= 4 is 23.4 Å². The molecule has 1 aliphatic heterocycles. The number of nitrogens with two attached hydrogens (primary N) is 1. The van der Waals surface area contributed by atoms with Gasteiger partial charge in [0.25, 0.3) is 5.91 Å². The zero-order valence-electron chi connectivity index (χ0n) is 13.8. The summed E-state index contributed by atoms with van der Waals surface area (Å²) in [6, 6.07) is 6.98. The Bertz CT molecular complexity index is 648. The van der Waals surface area contributed by atoms with Crippen LogP contribution in [0, 0.1) is 17.8 Å². The summed E-state index contributed by atoms with van der Waals surface area (Å²) in [4.78, 5) is 37.3. The van der Waals surface area contributed by atoms with Crippen LogP contribution in [0.3, 0.4) is 0 Å². The molecule has 2 aliphatic rings. The summed E-state index contributed by atoms with van der Waals surface area (Å²) < 4.78 is 0. The lowest BCUT2D eigenvalue weighted by Gasteiger charge is -2.30. The molecule has 0 bridgehead atoms. The molecule has 3 amide bonds. The number of anilines is 1. The predicted molar refractivity (Wildman–Crippen MR) is 90.2 cm³/mol. The Morgan fingerprint density at radius 1 is 1.12 bits per heavy atom. The Labute approximate surface area is 141 Å². The highest BCUT2D eigenvalue weighted by molar-refractivity contribution is 5.97. The van der Waals surface area contributed by atoms with E-state index >= 15 is 0 Å². The number of rotatable bonds is 4. The fourth-order valence-corrected chi connectivity index (χ4v) is 3.17. The van der Waals surface area contributed by atoms with Crippen molar-refractivity contribution in [1.29, 1.82) is 0 Å². The van der Waals surface area contributed by atoms with Crippen LogP contribution in [-0.2, 0) is 9.59 Å². The van der Waals surface area contributed by atoms with Gasteiger partial charge in [-0.05, 0) is 49.4 Å². The quantitative estimate of drug-likeness (QED) is 0.879. The Hall–Kier alpha value is -2.37. The van der Waals surface area contributed by atoms with E-state index in [2.05, 4.69) is 12.2 Å². The predicted octanol–water partition coefficient (Wildman–Crippen LogP) is 1.62. The zero-order chi connectivity index (χ0) is 17.3. The molecule has 1 saturated heterocycles. The van der Waals surface area contributed by atoms with Gasteiger partial charge >= 0.3 is 0 Å². The summed E-state index contributed by atoms with van der Waals surface area (Å²) in [5.74, 6) is 0.178. The maximum absolute atomic E-state index is 12.5. The number of amides is 3. The molecule has 1 aliphatic carbocycles. The molecule has 1 heterocycles. The molecule has 3 rings (SSSR count). The van der Waals surface area contributed by atoms with Crippen molar-refractivity contribution in [3.05, 3.63) is 29.8 Å². The van der Waals surface area contributed by atoms with Gasteiger partial charge < -0.3 is 16.0 Å². The van der Waals surface area contributed by atoms with E-state index in [1.807, 2.05) is 0 Å². The lowest BCUT2D eigenvalue weighted by molar-refractivity contribution is -0.123. The number of benzene rings is 1. The van der Waals surface area contributed by atoms with E-state index in [9.17, 15) is 14.4 Å². The monoisotopic (exact) mass is 329 g/mol. The Balaban J connectivity index is 1.56. The van der Waals surface area contributed by atoms with Gasteiger partial charge in [-0.1, -0.05) is 6.92 Å². The molecule has 1 aromatic carbocycles. The molecule has 24 heavy (non-hydrogen) atoms. The first-order valence-electron chi connectivity index (χ1n) is 8.45. The van der Waals surface area contributed by atoms with Gasteiger partial charge in [0.1, 0.15) is 0 Å². The van der Waals surface area contributed by atoms with Crippen molar-refractivity contribution in [3.8, 4) is 0 Å². The number of nitrogens with one attached hydrogen (secondary N) is 1. The highest BCUT2D eigenvalue weighted by Gasteiger charge is 2.39. The van der Waals surface area contributed by atoms with Gasteiger partial charge in [-0.25, -0.2) is 0 Å². The van der Waals surface area contributed by atoms with Crippen LogP contribution >= 0.6 is 0 Å². The highest BCUT2D eigenvalue weighted by Crippen LogP contribution is 2.38. The number of nitrogens with zero attached hydrogens (tertiary/aromatic N) is 1. The second kappa shape index (κ2) is 6.63. The summed E-state index contributed by atoms with van der Waals surface area (Å²) in [6.07, 6.45) is 2.19. The van der Waals surface area contributed by atoms with E-state index in [1.165, 1.54) is 0 Å². The van der Waals surface area contributed by atoms with Crippen molar-refractivity contribution < 1.29 is 14.4 Å². The third-order valence-corrected chi connectivity index (χ3v) is 5.03. The maximum Gasteiger partial charge on any atom is 0.253 e. The largest absolute Gasteiger partial charge is 0.369 e. The van der Waals surface area contributed by atoms with E-state index in [4.69, 9.17) is 5.73 Å². The van der Waals surface area contributed by atoms with E-state index < -0.39 is 0 Å². The Morgan fingerprint density at radius 2 is 1.71 bits per heavy atom. The molecule has 0 spiro atoms. The Kier molecular flexibility index (Phi) is 4.55. The average molecular weight is 329 g/mol. The minimum atomic E-state index is -0.285. The van der Waals surface area contributed by atoms with E-state index in [0.717, 1.165) is 6.42 Å². The lowest BCUT2D eigenvalue weighted by atomic mass is 9.96. The molecule has 1 saturated carbocycles. The number of carbonyl (C=O) groups is 3. The number of piperidine rings is 1. The topological polar surface area (TPSA) is 92.5 Å². The van der Waals surface area contributed by atoms with Gasteiger partial charge in [0.15, 0.2) is 0 Å². The number of hydrogen-bond acceptors (Lipinski definition) is 3. The second-order valence-electron chi connectivity index (χ2n) is 6.85. The van der Waals surface area contributed by atoms with Crippen LogP contribution in [0.25, 0.3) is 0 Å². The van der Waals surface area contributed by atoms with E-state index in [0.29, 0.717) is 43.1 Å². The van der Waals surface area contributed by atoms with Crippen molar-refractivity contribution in [2.75, 3.05) is 18.4 Å². The summed E-state index contributed by atoms with van der Waals surface area (Å²) in [5.41, 5.74) is 6.61. The van der Waals surface area contributed by atoms with Crippen molar-refractivity contribution in [3.63, 3.8) is 0 Å². The van der Waals surface area contributed by atoms with Crippen LogP contribution in [-0.4, -0.2) is 35.7 Å². The molecule has 3 N–H and O–H groups in total. The van der Waals surface area contributed by atoms with Crippen molar-refractivity contribution in [2.24, 2.45) is 23.5 Å². The van der Waals surface area contributed by atoms with E-state index in [1.54, 1.807) is 29.2 Å². The summed E-state index contributed by atoms with van der Waals surface area (Å²) in [5, 5.41) is 2.88. The SMILES string of the molecule is CC1CC1C(=O)Nc1ccc(C(=O)N2CCC(C(N)=O)CC2)cc1. The molecular formula is C18H23N3O3. The molecule has 6 heteroatoms. The molecular weight excluding hydrogens is 306 g/mol. The molecule has 2 unspecified atom stereocenters. The first-order valence-corrected chi connectivity index (χ1v) is 8.45. The first kappa shape index (κ1) is 16.5. The van der Waals surface area contributed by atoms with Gasteiger partial charge in [-0.15, -0.1) is 0 Å². The lowest BCUT2D eigenvalue weighted by Crippen LogP contribution is -2.41. The minimum Gasteiger partial charge on any atom is -0.369 e. The molecule has 1 aromatic rings. The highest BCUT2D eigenvalue weighted by atomic mass is 16.2. The van der Waals surface area contributed by atoms with Gasteiger partial charge in [-0.3, -0.25) is 14.4 Å². The second-order valence-corrected chi connectivity index (χ2v) is 6.85. The third-order valence-electron chi connectivity index (χ3n) is 5.03.